The molecule has 3 heteroatoms. The number of allylic oxidation sites excluding steroid dienone is 1. The van der Waals surface area contributed by atoms with Gasteiger partial charge in [0.25, 0.3) is 0 Å². The summed E-state index contributed by atoms with van der Waals surface area (Å²) in [6.07, 6.45) is 4.63. The van der Waals surface area contributed by atoms with Gasteiger partial charge in [-0.05, 0) is 23.8 Å². The van der Waals surface area contributed by atoms with Crippen molar-refractivity contribution in [3.63, 3.8) is 0 Å². The summed E-state index contributed by atoms with van der Waals surface area (Å²) in [6.45, 7) is 0. The average Bonchev–Trinajstić information content (AvgIpc) is 2.63. The van der Waals surface area contributed by atoms with Gasteiger partial charge in [-0.2, -0.15) is 0 Å². The van der Waals surface area contributed by atoms with Crippen molar-refractivity contribution in [2.45, 2.75) is 6.42 Å². The Hall–Kier alpha value is -2.55. The van der Waals surface area contributed by atoms with Gasteiger partial charge in [-0.3, -0.25) is 4.99 Å². The highest BCUT2D eigenvalue weighted by molar-refractivity contribution is 5.90. The molecule has 3 rings (SSSR count). The van der Waals surface area contributed by atoms with E-state index in [1.54, 1.807) is 0 Å². The lowest BCUT2D eigenvalue weighted by Gasteiger charge is -2.04. The van der Waals surface area contributed by atoms with Crippen LogP contribution in [-0.2, 0) is 6.42 Å². The number of nitrogens with zero attached hydrogens (tertiary/aromatic N) is 1. The predicted octanol–water partition coefficient (Wildman–Crippen LogP) is 3.20. The van der Waals surface area contributed by atoms with Crippen LogP contribution in [0.5, 0.6) is 0 Å². The van der Waals surface area contributed by atoms with E-state index < -0.39 is 0 Å². The van der Waals surface area contributed by atoms with Gasteiger partial charge >= 0.3 is 0 Å². The molecule has 2 aromatic rings. The molecule has 0 saturated carbocycles. The molecule has 0 saturated heterocycles. The molecule has 0 atom stereocenters. The molecule has 3 nitrogen and oxygen atoms in total. The molecule has 1 heterocycles. The van der Waals surface area contributed by atoms with Crippen molar-refractivity contribution in [2.24, 2.45) is 4.99 Å². The van der Waals surface area contributed by atoms with Crippen molar-refractivity contribution in [2.75, 3.05) is 11.1 Å². The summed E-state index contributed by atoms with van der Waals surface area (Å²) in [5.41, 5.74) is 10.8. The molecule has 0 amide bonds. The van der Waals surface area contributed by atoms with E-state index >= 15 is 0 Å². The lowest BCUT2D eigenvalue weighted by molar-refractivity contribution is 1.11. The molecular weight excluding hydrogens is 234 g/mol. The van der Waals surface area contributed by atoms with Crippen LogP contribution in [-0.4, -0.2) is 6.21 Å². The second kappa shape index (κ2) is 4.98. The Labute approximate surface area is 112 Å². The van der Waals surface area contributed by atoms with Crippen molar-refractivity contribution in [1.82, 2.24) is 0 Å². The standard InChI is InChI=1S/C16H15N3/c17-14-7-6-13-10-18-15(11-19-16(13)9-14)8-12-4-2-1-3-5-12/h1-7,9-11,19H,8,17H2. The first-order chi connectivity index (χ1) is 9.31. The number of fused-ring (bicyclic) bond motifs is 1. The van der Waals surface area contributed by atoms with Crippen LogP contribution < -0.4 is 11.1 Å². The van der Waals surface area contributed by atoms with Crippen LogP contribution in [0.4, 0.5) is 11.4 Å². The largest absolute Gasteiger partial charge is 0.399 e. The third kappa shape index (κ3) is 2.65. The highest BCUT2D eigenvalue weighted by Crippen LogP contribution is 2.21. The second-order valence-corrected chi connectivity index (χ2v) is 4.55. The van der Waals surface area contributed by atoms with Crippen molar-refractivity contribution in [3.8, 4) is 0 Å². The number of nitrogen functional groups attached to an aromatic ring is 1. The van der Waals surface area contributed by atoms with Crippen LogP contribution in [0.15, 0.2) is 65.4 Å². The van der Waals surface area contributed by atoms with E-state index in [0.717, 1.165) is 29.1 Å². The van der Waals surface area contributed by atoms with E-state index in [4.69, 9.17) is 5.73 Å². The zero-order chi connectivity index (χ0) is 13.1. The first-order valence-electron chi connectivity index (χ1n) is 6.24. The third-order valence-corrected chi connectivity index (χ3v) is 3.07. The maximum absolute atomic E-state index is 5.79. The van der Waals surface area contributed by atoms with Crippen LogP contribution in [0.2, 0.25) is 0 Å². The number of anilines is 2. The van der Waals surface area contributed by atoms with Gasteiger partial charge in [-0.15, -0.1) is 0 Å². The molecule has 0 bridgehead atoms. The summed E-state index contributed by atoms with van der Waals surface area (Å²) in [5.74, 6) is 0. The first kappa shape index (κ1) is 11.5. The Balaban J connectivity index is 1.84. The second-order valence-electron chi connectivity index (χ2n) is 4.55. The van der Waals surface area contributed by atoms with Crippen molar-refractivity contribution >= 4 is 17.6 Å². The van der Waals surface area contributed by atoms with Gasteiger partial charge in [0.05, 0.1) is 5.70 Å². The van der Waals surface area contributed by atoms with Gasteiger partial charge in [0.15, 0.2) is 0 Å². The van der Waals surface area contributed by atoms with Crippen LogP contribution in [0.25, 0.3) is 0 Å². The summed E-state index contributed by atoms with van der Waals surface area (Å²) in [5, 5.41) is 3.27. The molecule has 94 valence electrons. The Morgan fingerprint density at radius 1 is 1.05 bits per heavy atom. The Kier molecular flexibility index (Phi) is 3.02. The van der Waals surface area contributed by atoms with E-state index in [2.05, 4.69) is 22.4 Å². The van der Waals surface area contributed by atoms with Crippen molar-refractivity contribution < 1.29 is 0 Å². The minimum absolute atomic E-state index is 0.750. The number of rotatable bonds is 2. The lowest BCUT2D eigenvalue weighted by atomic mass is 10.1. The predicted molar refractivity (Wildman–Crippen MR) is 80.3 cm³/mol. The van der Waals surface area contributed by atoms with E-state index in [1.165, 1.54) is 5.56 Å². The van der Waals surface area contributed by atoms with Crippen molar-refractivity contribution in [1.29, 1.82) is 0 Å². The fourth-order valence-corrected chi connectivity index (χ4v) is 2.06. The van der Waals surface area contributed by atoms with Gasteiger partial charge in [-0.1, -0.05) is 30.3 Å². The zero-order valence-electron chi connectivity index (χ0n) is 10.5. The number of benzene rings is 2. The molecular formula is C16H15N3. The summed E-state index contributed by atoms with van der Waals surface area (Å²) in [6, 6.07) is 16.1. The normalized spacial score (nSPS) is 13.2. The maximum atomic E-state index is 5.79. The Morgan fingerprint density at radius 2 is 1.89 bits per heavy atom. The zero-order valence-corrected chi connectivity index (χ0v) is 10.5. The number of nitrogens with one attached hydrogen (secondary N) is 1. The van der Waals surface area contributed by atoms with Crippen LogP contribution >= 0.6 is 0 Å². The highest BCUT2D eigenvalue weighted by atomic mass is 14.9. The number of nitrogens with two attached hydrogens (primary N) is 1. The molecule has 0 spiro atoms. The molecule has 19 heavy (non-hydrogen) atoms. The summed E-state index contributed by atoms with van der Waals surface area (Å²) >= 11 is 0. The first-order valence-corrected chi connectivity index (χ1v) is 6.24. The molecule has 1 aliphatic heterocycles. The molecule has 2 aromatic carbocycles. The summed E-state index contributed by atoms with van der Waals surface area (Å²) < 4.78 is 0. The Bertz CT molecular complexity index is 642. The van der Waals surface area contributed by atoms with Gasteiger partial charge in [0, 0.05) is 35.8 Å². The average molecular weight is 249 g/mol. The lowest BCUT2D eigenvalue weighted by Crippen LogP contribution is -1.95. The summed E-state index contributed by atoms with van der Waals surface area (Å²) in [4.78, 5) is 4.52. The maximum Gasteiger partial charge on any atom is 0.0607 e. The minimum Gasteiger partial charge on any atom is -0.399 e. The number of aliphatic imine (C=N–C) groups is 1. The Morgan fingerprint density at radius 3 is 2.74 bits per heavy atom. The van der Waals surface area contributed by atoms with Gasteiger partial charge in [0.1, 0.15) is 0 Å². The number of hydrogen-bond acceptors (Lipinski definition) is 3. The van der Waals surface area contributed by atoms with E-state index in [9.17, 15) is 0 Å². The fourth-order valence-electron chi connectivity index (χ4n) is 2.06. The minimum atomic E-state index is 0.750. The molecule has 0 aromatic heterocycles. The topological polar surface area (TPSA) is 50.4 Å². The number of hydrogen-bond donors (Lipinski definition) is 2. The smallest absolute Gasteiger partial charge is 0.0607 e. The van der Waals surface area contributed by atoms with Crippen LogP contribution in [0, 0.1) is 0 Å². The molecule has 0 aliphatic carbocycles. The van der Waals surface area contributed by atoms with E-state index in [0.29, 0.717) is 0 Å². The quantitative estimate of drug-likeness (QED) is 0.803. The molecule has 1 aliphatic rings. The van der Waals surface area contributed by atoms with E-state index in [-0.39, 0.29) is 0 Å². The SMILES string of the molecule is Nc1ccc2c(c1)NC=C(Cc1ccccc1)N=C2. The fraction of sp³-hybridized carbons (Fsp3) is 0.0625. The van der Waals surface area contributed by atoms with Gasteiger partial charge in [0.2, 0.25) is 0 Å². The molecule has 0 fully saturated rings. The van der Waals surface area contributed by atoms with Crippen LogP contribution in [0.1, 0.15) is 11.1 Å². The third-order valence-electron chi connectivity index (χ3n) is 3.07. The van der Waals surface area contributed by atoms with Gasteiger partial charge in [-0.25, -0.2) is 0 Å². The molecule has 0 unspecified atom stereocenters. The van der Waals surface area contributed by atoms with Crippen molar-refractivity contribution in [3.05, 3.63) is 71.6 Å². The highest BCUT2D eigenvalue weighted by Gasteiger charge is 2.05. The molecule has 0 radical (unpaired) electrons. The monoisotopic (exact) mass is 249 g/mol. The molecule has 3 N–H and O–H groups in total. The summed E-state index contributed by atoms with van der Waals surface area (Å²) in [7, 11) is 0. The van der Waals surface area contributed by atoms with E-state index in [1.807, 2.05) is 48.8 Å². The van der Waals surface area contributed by atoms with Crippen LogP contribution in [0.3, 0.4) is 0 Å². The van der Waals surface area contributed by atoms with Gasteiger partial charge < -0.3 is 11.1 Å².